The summed E-state index contributed by atoms with van der Waals surface area (Å²) in [5.74, 6) is -0.796. The second kappa shape index (κ2) is 6.01. The average molecular weight is 274 g/mol. The summed E-state index contributed by atoms with van der Waals surface area (Å²) in [4.78, 5) is 26.4. The van der Waals surface area contributed by atoms with Gasteiger partial charge < -0.3 is 14.8 Å². The lowest BCUT2D eigenvalue weighted by atomic mass is 10.1. The number of carboxylic acid groups (broad SMARTS) is 1. The molecule has 0 fully saturated rings. The fourth-order valence-electron chi connectivity index (χ4n) is 1.79. The third-order valence-electron chi connectivity index (χ3n) is 2.83. The zero-order valence-corrected chi connectivity index (χ0v) is 10.9. The molecule has 2 N–H and O–H groups in total. The number of benzene rings is 1. The number of carbonyl (C=O) groups excluding carboxylic acids is 1. The minimum Gasteiger partial charge on any atom is -0.478 e. The summed E-state index contributed by atoms with van der Waals surface area (Å²) in [6, 6.07) is 6.63. The Balaban J connectivity index is 1.90. The van der Waals surface area contributed by atoms with E-state index in [9.17, 15) is 9.59 Å². The van der Waals surface area contributed by atoms with Gasteiger partial charge in [-0.15, -0.1) is 0 Å². The second-order valence-electron chi connectivity index (χ2n) is 4.27. The predicted octanol–water partition coefficient (Wildman–Crippen LogP) is 1.65. The maximum absolute atomic E-state index is 11.8. The van der Waals surface area contributed by atoms with Gasteiger partial charge in [0.1, 0.15) is 5.76 Å². The van der Waals surface area contributed by atoms with Gasteiger partial charge in [0.25, 0.3) is 5.91 Å². The fraction of sp³-hybridized carbons (Fsp3) is 0.214. The SMILES string of the molecule is Cc1ocnc1C(=O)NCCc1cccc(C(=O)O)c1. The van der Waals surface area contributed by atoms with E-state index in [4.69, 9.17) is 9.52 Å². The van der Waals surface area contributed by atoms with Gasteiger partial charge in [-0.3, -0.25) is 4.79 Å². The highest BCUT2D eigenvalue weighted by Crippen LogP contribution is 2.07. The van der Waals surface area contributed by atoms with Gasteiger partial charge in [0.2, 0.25) is 0 Å². The maximum atomic E-state index is 11.8. The molecular formula is C14H14N2O4. The van der Waals surface area contributed by atoms with Crippen molar-refractivity contribution in [2.45, 2.75) is 13.3 Å². The normalized spacial score (nSPS) is 10.2. The molecule has 1 heterocycles. The van der Waals surface area contributed by atoms with Crippen molar-refractivity contribution in [3.63, 3.8) is 0 Å². The number of nitrogens with zero attached hydrogens (tertiary/aromatic N) is 1. The van der Waals surface area contributed by atoms with Crippen molar-refractivity contribution < 1.29 is 19.1 Å². The number of aromatic nitrogens is 1. The van der Waals surface area contributed by atoms with Crippen molar-refractivity contribution in [3.05, 3.63) is 53.2 Å². The molecule has 0 saturated carbocycles. The summed E-state index contributed by atoms with van der Waals surface area (Å²) in [6.45, 7) is 2.06. The molecule has 1 aromatic heterocycles. The number of rotatable bonds is 5. The Labute approximate surface area is 115 Å². The maximum Gasteiger partial charge on any atom is 0.335 e. The van der Waals surface area contributed by atoms with E-state index in [-0.39, 0.29) is 17.2 Å². The number of hydrogen-bond acceptors (Lipinski definition) is 4. The van der Waals surface area contributed by atoms with Crippen LogP contribution in [0.25, 0.3) is 0 Å². The van der Waals surface area contributed by atoms with Gasteiger partial charge in [-0.05, 0) is 31.0 Å². The second-order valence-corrected chi connectivity index (χ2v) is 4.27. The summed E-state index contributed by atoms with van der Waals surface area (Å²) in [5, 5.41) is 11.6. The minimum absolute atomic E-state index is 0.237. The first-order valence-electron chi connectivity index (χ1n) is 6.08. The standard InChI is InChI=1S/C14H14N2O4/c1-9-12(16-8-20-9)13(17)15-6-5-10-3-2-4-11(7-10)14(18)19/h2-4,7-8H,5-6H2,1H3,(H,15,17)(H,18,19). The molecule has 0 aliphatic heterocycles. The first-order valence-corrected chi connectivity index (χ1v) is 6.08. The molecule has 0 aliphatic rings. The quantitative estimate of drug-likeness (QED) is 0.864. The predicted molar refractivity (Wildman–Crippen MR) is 70.7 cm³/mol. The van der Waals surface area contributed by atoms with Crippen LogP contribution in [0, 0.1) is 6.92 Å². The van der Waals surface area contributed by atoms with Crippen molar-refractivity contribution >= 4 is 11.9 Å². The average Bonchev–Trinajstić information content (AvgIpc) is 2.85. The number of hydrogen-bond donors (Lipinski definition) is 2. The van der Waals surface area contributed by atoms with Crippen LogP contribution in [0.15, 0.2) is 35.1 Å². The van der Waals surface area contributed by atoms with Gasteiger partial charge in [0, 0.05) is 6.54 Å². The van der Waals surface area contributed by atoms with Gasteiger partial charge >= 0.3 is 5.97 Å². The number of aromatic carboxylic acids is 1. The van der Waals surface area contributed by atoms with Crippen LogP contribution in [0.3, 0.4) is 0 Å². The highest BCUT2D eigenvalue weighted by Gasteiger charge is 2.12. The van der Waals surface area contributed by atoms with Gasteiger partial charge in [-0.1, -0.05) is 12.1 Å². The molecule has 0 unspecified atom stereocenters. The molecule has 0 saturated heterocycles. The Morgan fingerprint density at radius 1 is 1.40 bits per heavy atom. The Bertz CT molecular complexity index is 634. The Morgan fingerprint density at radius 3 is 2.85 bits per heavy atom. The van der Waals surface area contributed by atoms with Crippen molar-refractivity contribution in [3.8, 4) is 0 Å². The lowest BCUT2D eigenvalue weighted by Crippen LogP contribution is -2.26. The van der Waals surface area contributed by atoms with Crippen LogP contribution < -0.4 is 5.32 Å². The van der Waals surface area contributed by atoms with Gasteiger partial charge in [0.05, 0.1) is 5.56 Å². The minimum atomic E-state index is -0.964. The van der Waals surface area contributed by atoms with E-state index in [0.29, 0.717) is 18.7 Å². The molecule has 6 heteroatoms. The molecular weight excluding hydrogens is 260 g/mol. The molecule has 0 bridgehead atoms. The molecule has 0 aliphatic carbocycles. The van der Waals surface area contributed by atoms with Crippen LogP contribution in [0.5, 0.6) is 0 Å². The van der Waals surface area contributed by atoms with Crippen molar-refractivity contribution in [2.75, 3.05) is 6.54 Å². The number of nitrogens with one attached hydrogen (secondary N) is 1. The van der Waals surface area contributed by atoms with Gasteiger partial charge in [-0.2, -0.15) is 0 Å². The number of carboxylic acids is 1. The van der Waals surface area contributed by atoms with Crippen LogP contribution >= 0.6 is 0 Å². The summed E-state index contributed by atoms with van der Waals surface area (Å²) in [7, 11) is 0. The molecule has 0 spiro atoms. The van der Waals surface area contributed by atoms with E-state index in [1.54, 1.807) is 19.1 Å². The molecule has 20 heavy (non-hydrogen) atoms. The smallest absolute Gasteiger partial charge is 0.335 e. The summed E-state index contributed by atoms with van der Waals surface area (Å²) >= 11 is 0. The van der Waals surface area contributed by atoms with E-state index >= 15 is 0 Å². The van der Waals surface area contributed by atoms with Crippen LogP contribution in [0.1, 0.15) is 32.2 Å². The third kappa shape index (κ3) is 3.23. The monoisotopic (exact) mass is 274 g/mol. The first kappa shape index (κ1) is 13.8. The molecule has 104 valence electrons. The fourth-order valence-corrected chi connectivity index (χ4v) is 1.79. The van der Waals surface area contributed by atoms with Crippen LogP contribution in [-0.2, 0) is 6.42 Å². The summed E-state index contributed by atoms with van der Waals surface area (Å²) in [6.07, 6.45) is 1.77. The lowest BCUT2D eigenvalue weighted by molar-refractivity contribution is 0.0696. The Hall–Kier alpha value is -2.63. The molecule has 0 atom stereocenters. The van der Waals surface area contributed by atoms with E-state index < -0.39 is 5.97 Å². The van der Waals surface area contributed by atoms with Crippen LogP contribution in [0.4, 0.5) is 0 Å². The zero-order valence-electron chi connectivity index (χ0n) is 10.9. The number of carbonyl (C=O) groups is 2. The van der Waals surface area contributed by atoms with Crippen molar-refractivity contribution in [2.24, 2.45) is 0 Å². The zero-order chi connectivity index (χ0) is 14.5. The Morgan fingerprint density at radius 2 is 2.20 bits per heavy atom. The molecule has 1 aromatic carbocycles. The molecule has 1 amide bonds. The van der Waals surface area contributed by atoms with E-state index in [1.165, 1.54) is 12.5 Å². The summed E-state index contributed by atoms with van der Waals surface area (Å²) in [5.41, 5.74) is 1.35. The molecule has 2 aromatic rings. The third-order valence-corrected chi connectivity index (χ3v) is 2.83. The number of amides is 1. The number of oxazole rings is 1. The Kier molecular flexibility index (Phi) is 4.14. The number of aryl methyl sites for hydroxylation is 1. The highest BCUT2D eigenvalue weighted by molar-refractivity contribution is 5.93. The molecule has 6 nitrogen and oxygen atoms in total. The van der Waals surface area contributed by atoms with Gasteiger partial charge in [0.15, 0.2) is 12.1 Å². The topological polar surface area (TPSA) is 92.4 Å². The van der Waals surface area contributed by atoms with Gasteiger partial charge in [-0.25, -0.2) is 9.78 Å². The first-order chi connectivity index (χ1) is 9.58. The highest BCUT2D eigenvalue weighted by atomic mass is 16.4. The van der Waals surface area contributed by atoms with E-state index in [1.807, 2.05) is 6.07 Å². The summed E-state index contributed by atoms with van der Waals surface area (Å²) < 4.78 is 4.96. The molecule has 2 rings (SSSR count). The molecule has 0 radical (unpaired) electrons. The van der Waals surface area contributed by atoms with Crippen LogP contribution in [-0.4, -0.2) is 28.5 Å². The van der Waals surface area contributed by atoms with Crippen LogP contribution in [0.2, 0.25) is 0 Å². The van der Waals surface area contributed by atoms with Crippen molar-refractivity contribution in [1.29, 1.82) is 0 Å². The largest absolute Gasteiger partial charge is 0.478 e. The van der Waals surface area contributed by atoms with Crippen molar-refractivity contribution in [1.82, 2.24) is 10.3 Å². The lowest BCUT2D eigenvalue weighted by Gasteiger charge is -2.05. The van der Waals surface area contributed by atoms with E-state index in [2.05, 4.69) is 10.3 Å². The van der Waals surface area contributed by atoms with E-state index in [0.717, 1.165) is 5.56 Å².